The summed E-state index contributed by atoms with van der Waals surface area (Å²) in [7, 11) is 0. The highest BCUT2D eigenvalue weighted by Gasteiger charge is 2.42. The maximum atomic E-state index is 12.0. The highest BCUT2D eigenvalue weighted by molar-refractivity contribution is 5.68. The Morgan fingerprint density at radius 2 is 2.16 bits per heavy atom. The third-order valence-electron chi connectivity index (χ3n) is 3.36. The topological polar surface area (TPSA) is 70.0 Å². The molecule has 0 aromatic rings. The summed E-state index contributed by atoms with van der Waals surface area (Å²) < 4.78 is 5.33. The molecular weight excluding hydrogens is 246 g/mol. The molecule has 5 heteroatoms. The van der Waals surface area contributed by atoms with Crippen molar-refractivity contribution in [1.29, 1.82) is 0 Å². The lowest BCUT2D eigenvalue weighted by Gasteiger charge is -2.43. The van der Waals surface area contributed by atoms with Crippen molar-refractivity contribution in [3.63, 3.8) is 0 Å². The van der Waals surface area contributed by atoms with Crippen LogP contribution in [-0.2, 0) is 4.74 Å². The minimum Gasteiger partial charge on any atom is -0.444 e. The predicted molar refractivity (Wildman–Crippen MR) is 72.5 cm³/mol. The molecule has 5 nitrogen and oxygen atoms in total. The van der Waals surface area contributed by atoms with E-state index in [4.69, 9.17) is 4.74 Å². The Balaban J connectivity index is 2.77. The second-order valence-corrected chi connectivity index (χ2v) is 6.23. The second-order valence-electron chi connectivity index (χ2n) is 6.23. The van der Waals surface area contributed by atoms with Crippen LogP contribution in [0.3, 0.4) is 0 Å². The van der Waals surface area contributed by atoms with Crippen LogP contribution in [0.1, 0.15) is 40.0 Å². The van der Waals surface area contributed by atoms with Gasteiger partial charge in [0.25, 0.3) is 0 Å². The summed E-state index contributed by atoms with van der Waals surface area (Å²) >= 11 is 0. The molecule has 1 amide bonds. The smallest absolute Gasteiger partial charge is 0.410 e. The van der Waals surface area contributed by atoms with Crippen LogP contribution in [-0.4, -0.2) is 46.2 Å². The van der Waals surface area contributed by atoms with Crippen LogP contribution in [0.15, 0.2) is 12.7 Å². The van der Waals surface area contributed by atoms with Gasteiger partial charge in [0.2, 0.25) is 0 Å². The van der Waals surface area contributed by atoms with E-state index in [-0.39, 0.29) is 6.54 Å². The number of piperidine rings is 1. The number of allylic oxidation sites excluding steroid dienone is 1. The first-order valence-electron chi connectivity index (χ1n) is 6.65. The van der Waals surface area contributed by atoms with Crippen LogP contribution < -0.4 is 0 Å². The first-order chi connectivity index (χ1) is 8.70. The second kappa shape index (κ2) is 5.92. The molecular formula is C14H25NO4. The van der Waals surface area contributed by atoms with Gasteiger partial charge in [-0.1, -0.05) is 6.08 Å². The van der Waals surface area contributed by atoms with Crippen molar-refractivity contribution < 1.29 is 19.7 Å². The van der Waals surface area contributed by atoms with E-state index in [1.807, 2.05) is 20.8 Å². The van der Waals surface area contributed by atoms with E-state index >= 15 is 0 Å². The van der Waals surface area contributed by atoms with E-state index < -0.39 is 23.4 Å². The van der Waals surface area contributed by atoms with E-state index in [0.717, 1.165) is 6.42 Å². The molecule has 19 heavy (non-hydrogen) atoms. The summed E-state index contributed by atoms with van der Waals surface area (Å²) in [4.78, 5) is 13.6. The van der Waals surface area contributed by atoms with Gasteiger partial charge in [0.15, 0.2) is 6.29 Å². The summed E-state index contributed by atoms with van der Waals surface area (Å²) in [5.41, 5.74) is -1.27. The molecule has 0 aliphatic carbocycles. The zero-order valence-electron chi connectivity index (χ0n) is 12.1. The van der Waals surface area contributed by atoms with Crippen LogP contribution in [0.5, 0.6) is 0 Å². The molecule has 1 aliphatic heterocycles. The zero-order valence-corrected chi connectivity index (χ0v) is 12.1. The first-order valence-corrected chi connectivity index (χ1v) is 6.65. The molecule has 0 saturated carbocycles. The number of hydrogen-bond donors (Lipinski definition) is 2. The fraction of sp³-hybridized carbons (Fsp3) is 0.786. The number of hydrogen-bond acceptors (Lipinski definition) is 4. The molecule has 0 aromatic carbocycles. The van der Waals surface area contributed by atoms with Gasteiger partial charge in [0.1, 0.15) is 5.60 Å². The summed E-state index contributed by atoms with van der Waals surface area (Å²) in [5.74, 6) is 0. The van der Waals surface area contributed by atoms with Crippen molar-refractivity contribution in [3.8, 4) is 0 Å². The number of carbonyl (C=O) groups is 1. The highest BCUT2D eigenvalue weighted by atomic mass is 16.6. The number of amides is 1. The Morgan fingerprint density at radius 1 is 1.53 bits per heavy atom. The third kappa shape index (κ3) is 4.21. The first kappa shape index (κ1) is 16.0. The Morgan fingerprint density at radius 3 is 2.63 bits per heavy atom. The lowest BCUT2D eigenvalue weighted by Crippen LogP contribution is -2.52. The molecule has 0 bridgehead atoms. The van der Waals surface area contributed by atoms with Gasteiger partial charge in [0, 0.05) is 18.5 Å². The van der Waals surface area contributed by atoms with Crippen molar-refractivity contribution in [3.05, 3.63) is 12.7 Å². The summed E-state index contributed by atoms with van der Waals surface area (Å²) in [6, 6.07) is 0. The van der Waals surface area contributed by atoms with Crippen molar-refractivity contribution in [1.82, 2.24) is 4.90 Å². The molecule has 1 unspecified atom stereocenters. The lowest BCUT2D eigenvalue weighted by atomic mass is 9.76. The van der Waals surface area contributed by atoms with Gasteiger partial charge in [-0.25, -0.2) is 4.79 Å². The molecule has 1 aliphatic rings. The number of aliphatic hydroxyl groups excluding tert-OH is 1. The molecule has 2 N–H and O–H groups in total. The molecule has 0 radical (unpaired) electrons. The van der Waals surface area contributed by atoms with Crippen molar-refractivity contribution in [2.24, 2.45) is 5.41 Å². The molecule has 110 valence electrons. The SMILES string of the molecule is C=CCC1(C(O)O)CCCN(C(=O)OC(C)(C)C)C1. The zero-order chi connectivity index (χ0) is 14.7. The Bertz CT molecular complexity index is 335. The Hall–Kier alpha value is -1.07. The summed E-state index contributed by atoms with van der Waals surface area (Å²) in [5, 5.41) is 19.2. The Kier molecular flexibility index (Phi) is 4.98. The standard InChI is InChI=1S/C14H25NO4/c1-5-7-14(11(16)17)8-6-9-15(10-14)12(18)19-13(2,3)4/h5,11,16-17H,1,6-10H2,2-4H3. The molecule has 1 heterocycles. The monoisotopic (exact) mass is 271 g/mol. The van der Waals surface area contributed by atoms with Crippen molar-refractivity contribution in [2.75, 3.05) is 13.1 Å². The summed E-state index contributed by atoms with van der Waals surface area (Å²) in [6.07, 6.45) is 1.65. The van der Waals surface area contributed by atoms with Crippen molar-refractivity contribution >= 4 is 6.09 Å². The fourth-order valence-corrected chi connectivity index (χ4v) is 2.41. The van der Waals surface area contributed by atoms with Gasteiger partial charge >= 0.3 is 6.09 Å². The van der Waals surface area contributed by atoms with Crippen LogP contribution in [0.4, 0.5) is 4.79 Å². The van der Waals surface area contributed by atoms with Gasteiger partial charge in [0.05, 0.1) is 0 Å². The maximum Gasteiger partial charge on any atom is 0.410 e. The van der Waals surface area contributed by atoms with E-state index in [1.54, 1.807) is 11.0 Å². The minimum absolute atomic E-state index is 0.283. The van der Waals surface area contributed by atoms with Crippen LogP contribution in [0.2, 0.25) is 0 Å². The van der Waals surface area contributed by atoms with Gasteiger partial charge in [-0.2, -0.15) is 0 Å². The van der Waals surface area contributed by atoms with E-state index in [9.17, 15) is 15.0 Å². The number of ether oxygens (including phenoxy) is 1. The number of aliphatic hydroxyl groups is 2. The molecule has 1 atom stereocenters. The largest absolute Gasteiger partial charge is 0.444 e. The number of carbonyl (C=O) groups excluding carboxylic acids is 1. The normalized spacial score (nSPS) is 24.4. The molecule has 0 aromatic heterocycles. The quantitative estimate of drug-likeness (QED) is 0.607. The van der Waals surface area contributed by atoms with Gasteiger partial charge < -0.3 is 19.8 Å². The highest BCUT2D eigenvalue weighted by Crippen LogP contribution is 2.36. The summed E-state index contributed by atoms with van der Waals surface area (Å²) in [6.45, 7) is 9.96. The van der Waals surface area contributed by atoms with Gasteiger partial charge in [-0.3, -0.25) is 0 Å². The van der Waals surface area contributed by atoms with Crippen molar-refractivity contribution in [2.45, 2.75) is 51.9 Å². The average Bonchev–Trinajstić information content (AvgIpc) is 2.27. The van der Waals surface area contributed by atoms with E-state index in [1.165, 1.54) is 0 Å². The Labute approximate surface area is 114 Å². The molecule has 1 saturated heterocycles. The number of rotatable bonds is 3. The van der Waals surface area contributed by atoms with Gasteiger partial charge in [-0.15, -0.1) is 6.58 Å². The van der Waals surface area contributed by atoms with Gasteiger partial charge in [-0.05, 0) is 40.0 Å². The number of likely N-dealkylation sites (tertiary alicyclic amines) is 1. The lowest BCUT2D eigenvalue weighted by molar-refractivity contribution is -0.154. The van der Waals surface area contributed by atoms with Crippen LogP contribution >= 0.6 is 0 Å². The molecule has 0 spiro atoms. The van der Waals surface area contributed by atoms with E-state index in [2.05, 4.69) is 6.58 Å². The predicted octanol–water partition coefficient (Wildman–Crippen LogP) is 1.89. The fourth-order valence-electron chi connectivity index (χ4n) is 2.41. The number of nitrogens with zero attached hydrogens (tertiary/aromatic N) is 1. The third-order valence-corrected chi connectivity index (χ3v) is 3.36. The minimum atomic E-state index is -1.46. The average molecular weight is 271 g/mol. The van der Waals surface area contributed by atoms with E-state index in [0.29, 0.717) is 19.4 Å². The van der Waals surface area contributed by atoms with Crippen LogP contribution in [0, 0.1) is 5.41 Å². The van der Waals surface area contributed by atoms with Crippen LogP contribution in [0.25, 0.3) is 0 Å². The molecule has 1 rings (SSSR count). The molecule has 1 fully saturated rings. The maximum absolute atomic E-state index is 12.0.